The Morgan fingerprint density at radius 2 is 1.78 bits per heavy atom. The highest BCUT2D eigenvalue weighted by molar-refractivity contribution is 5.95. The highest BCUT2D eigenvalue weighted by Crippen LogP contribution is 2.23. The third-order valence-corrected chi connectivity index (χ3v) is 2.85. The van der Waals surface area contributed by atoms with Crippen LogP contribution in [0.5, 0.6) is 5.75 Å². The number of hydrogen-bond donors (Lipinski definition) is 1. The van der Waals surface area contributed by atoms with Gasteiger partial charge in [0.05, 0.1) is 12.2 Å². The maximum absolute atomic E-state index is 12.1. The topological polar surface area (TPSA) is 82.1 Å². The number of aromatic carboxylic acids is 1. The first-order valence-corrected chi connectivity index (χ1v) is 7.47. The van der Waals surface area contributed by atoms with E-state index in [2.05, 4.69) is 0 Å². The highest BCUT2D eigenvalue weighted by atomic mass is 16.6. The van der Waals surface area contributed by atoms with E-state index in [0.717, 1.165) is 12.8 Å². The zero-order chi connectivity index (χ0) is 17.5. The minimum atomic E-state index is -1.10. The number of methoxy groups -OCH3 is 1. The average molecular weight is 324 g/mol. The molecule has 1 N–H and O–H groups in total. The summed E-state index contributed by atoms with van der Waals surface area (Å²) in [5, 5.41) is 9.21. The van der Waals surface area contributed by atoms with Gasteiger partial charge in [0, 0.05) is 13.7 Å². The van der Waals surface area contributed by atoms with Gasteiger partial charge in [-0.05, 0) is 51.8 Å². The Labute approximate surface area is 136 Å². The van der Waals surface area contributed by atoms with Crippen molar-refractivity contribution in [2.45, 2.75) is 39.2 Å². The third kappa shape index (κ3) is 6.69. The predicted octanol–water partition coefficient (Wildman–Crippen LogP) is 3.15. The number of carboxylic acids is 1. The lowest BCUT2D eigenvalue weighted by atomic mass is 10.1. The second-order valence-electron chi connectivity index (χ2n) is 6.07. The normalized spacial score (nSPS) is 11.1. The van der Waals surface area contributed by atoms with Gasteiger partial charge in [0.15, 0.2) is 0 Å². The molecule has 0 amide bonds. The molecule has 23 heavy (non-hydrogen) atoms. The number of carbonyl (C=O) groups is 2. The van der Waals surface area contributed by atoms with E-state index in [4.69, 9.17) is 14.2 Å². The lowest BCUT2D eigenvalue weighted by molar-refractivity contribution is 0.00686. The molecule has 1 aromatic rings. The largest absolute Gasteiger partial charge is 0.493 e. The third-order valence-electron chi connectivity index (χ3n) is 2.85. The number of carbonyl (C=O) groups excluding carboxylic acids is 1. The molecule has 0 aliphatic carbocycles. The van der Waals surface area contributed by atoms with Gasteiger partial charge in [-0.15, -0.1) is 0 Å². The van der Waals surface area contributed by atoms with Crippen molar-refractivity contribution in [2.75, 3.05) is 20.3 Å². The Morgan fingerprint density at radius 3 is 2.35 bits per heavy atom. The molecule has 128 valence electrons. The van der Waals surface area contributed by atoms with Gasteiger partial charge < -0.3 is 19.3 Å². The van der Waals surface area contributed by atoms with Crippen LogP contribution in [0, 0.1) is 0 Å². The summed E-state index contributed by atoms with van der Waals surface area (Å²) < 4.78 is 15.7. The monoisotopic (exact) mass is 324 g/mol. The summed E-state index contributed by atoms with van der Waals surface area (Å²) in [7, 11) is 1.62. The van der Waals surface area contributed by atoms with Gasteiger partial charge in [-0.3, -0.25) is 0 Å². The molecule has 6 nitrogen and oxygen atoms in total. The molecule has 1 aromatic carbocycles. The molecule has 0 aliphatic heterocycles. The van der Waals surface area contributed by atoms with Gasteiger partial charge in [0.1, 0.15) is 16.9 Å². The highest BCUT2D eigenvalue weighted by Gasteiger charge is 2.20. The van der Waals surface area contributed by atoms with E-state index in [9.17, 15) is 14.7 Å². The summed E-state index contributed by atoms with van der Waals surface area (Å²) in [4.78, 5) is 23.3. The van der Waals surface area contributed by atoms with Crippen LogP contribution in [0.25, 0.3) is 0 Å². The predicted molar refractivity (Wildman–Crippen MR) is 85.2 cm³/mol. The van der Waals surface area contributed by atoms with Crippen molar-refractivity contribution in [1.29, 1.82) is 0 Å². The molecular formula is C17H24O6. The maximum Gasteiger partial charge on any atom is 0.339 e. The average Bonchev–Trinajstić information content (AvgIpc) is 2.44. The molecule has 0 fully saturated rings. The van der Waals surface area contributed by atoms with Gasteiger partial charge in [0.25, 0.3) is 0 Å². The zero-order valence-corrected chi connectivity index (χ0v) is 14.0. The van der Waals surface area contributed by atoms with Crippen LogP contribution in [0.4, 0.5) is 0 Å². The van der Waals surface area contributed by atoms with E-state index in [0.29, 0.717) is 13.2 Å². The first-order chi connectivity index (χ1) is 10.7. The van der Waals surface area contributed by atoms with E-state index < -0.39 is 17.5 Å². The molecule has 0 atom stereocenters. The molecule has 1 rings (SSSR count). The Bertz CT molecular complexity index is 545. The molecule has 0 radical (unpaired) electrons. The van der Waals surface area contributed by atoms with Crippen molar-refractivity contribution in [1.82, 2.24) is 0 Å². The Morgan fingerprint density at radius 1 is 1.13 bits per heavy atom. The summed E-state index contributed by atoms with van der Waals surface area (Å²) in [6.07, 6.45) is 1.54. The van der Waals surface area contributed by atoms with E-state index in [1.165, 1.54) is 18.2 Å². The second-order valence-corrected chi connectivity index (χ2v) is 6.07. The van der Waals surface area contributed by atoms with E-state index in [1.807, 2.05) is 0 Å². The van der Waals surface area contributed by atoms with Crippen molar-refractivity contribution in [3.63, 3.8) is 0 Å². The molecular weight excluding hydrogens is 300 g/mol. The first kappa shape index (κ1) is 19.0. The lowest BCUT2D eigenvalue weighted by Gasteiger charge is -2.20. The van der Waals surface area contributed by atoms with Crippen LogP contribution in [0.1, 0.15) is 54.3 Å². The minimum absolute atomic E-state index is 0.0176. The lowest BCUT2D eigenvalue weighted by Crippen LogP contribution is -2.24. The molecule has 0 saturated carbocycles. The van der Waals surface area contributed by atoms with Crippen molar-refractivity contribution in [3.05, 3.63) is 29.3 Å². The summed E-state index contributed by atoms with van der Waals surface area (Å²) in [5.74, 6) is -1.45. The van der Waals surface area contributed by atoms with Gasteiger partial charge in [-0.25, -0.2) is 9.59 Å². The molecule has 0 spiro atoms. The quantitative estimate of drug-likeness (QED) is 0.584. The van der Waals surface area contributed by atoms with Crippen molar-refractivity contribution >= 4 is 11.9 Å². The fourth-order valence-electron chi connectivity index (χ4n) is 1.81. The van der Waals surface area contributed by atoms with Crippen LogP contribution >= 0.6 is 0 Å². The van der Waals surface area contributed by atoms with Crippen LogP contribution in [0.2, 0.25) is 0 Å². The SMILES string of the molecule is COCCCCOc1cc(C(=O)OC(C)(C)C)ccc1C(=O)O. The van der Waals surface area contributed by atoms with Crippen LogP contribution in [0.3, 0.4) is 0 Å². The van der Waals surface area contributed by atoms with Gasteiger partial charge in [-0.2, -0.15) is 0 Å². The first-order valence-electron chi connectivity index (χ1n) is 7.47. The number of benzene rings is 1. The number of esters is 1. The molecule has 0 heterocycles. The molecule has 0 aliphatic rings. The summed E-state index contributed by atoms with van der Waals surface area (Å²) in [6, 6.07) is 4.19. The standard InChI is InChI=1S/C17H24O6/c1-17(2,3)23-16(20)12-7-8-13(15(18)19)14(11-12)22-10-6-5-9-21-4/h7-8,11H,5-6,9-10H2,1-4H3,(H,18,19). The van der Waals surface area contributed by atoms with Crippen LogP contribution in [0.15, 0.2) is 18.2 Å². The van der Waals surface area contributed by atoms with Crippen molar-refractivity contribution < 1.29 is 28.9 Å². The minimum Gasteiger partial charge on any atom is -0.493 e. The second kappa shape index (κ2) is 8.53. The number of rotatable bonds is 8. The Kier molecular flexibility index (Phi) is 7.03. The van der Waals surface area contributed by atoms with E-state index in [1.54, 1.807) is 27.9 Å². The summed E-state index contributed by atoms with van der Waals surface area (Å²) in [5.41, 5.74) is -0.343. The molecule has 0 saturated heterocycles. The van der Waals surface area contributed by atoms with E-state index >= 15 is 0 Å². The molecule has 0 aromatic heterocycles. The summed E-state index contributed by atoms with van der Waals surface area (Å²) in [6.45, 7) is 6.27. The number of hydrogen-bond acceptors (Lipinski definition) is 5. The fourth-order valence-corrected chi connectivity index (χ4v) is 1.81. The van der Waals surface area contributed by atoms with Gasteiger partial charge in [-0.1, -0.05) is 0 Å². The molecule has 0 unspecified atom stereocenters. The van der Waals surface area contributed by atoms with Crippen LogP contribution in [-0.2, 0) is 9.47 Å². The fraction of sp³-hybridized carbons (Fsp3) is 0.529. The van der Waals surface area contributed by atoms with Crippen LogP contribution < -0.4 is 4.74 Å². The van der Waals surface area contributed by atoms with E-state index in [-0.39, 0.29) is 16.9 Å². The number of ether oxygens (including phenoxy) is 3. The van der Waals surface area contributed by atoms with Crippen LogP contribution in [-0.4, -0.2) is 43.0 Å². The Hall–Kier alpha value is -2.08. The number of carboxylic acid groups (broad SMARTS) is 1. The Balaban J connectivity index is 2.85. The summed E-state index contributed by atoms with van der Waals surface area (Å²) >= 11 is 0. The maximum atomic E-state index is 12.1. The smallest absolute Gasteiger partial charge is 0.339 e. The molecule has 6 heteroatoms. The zero-order valence-electron chi connectivity index (χ0n) is 14.0. The number of unbranched alkanes of at least 4 members (excludes halogenated alkanes) is 1. The van der Waals surface area contributed by atoms with Gasteiger partial charge in [0.2, 0.25) is 0 Å². The van der Waals surface area contributed by atoms with Crippen molar-refractivity contribution in [2.24, 2.45) is 0 Å². The van der Waals surface area contributed by atoms with Crippen molar-refractivity contribution in [3.8, 4) is 5.75 Å². The van der Waals surface area contributed by atoms with Gasteiger partial charge >= 0.3 is 11.9 Å². The molecule has 0 bridgehead atoms.